The molecular weight excluding hydrogens is 246 g/mol. The molecule has 0 radical (unpaired) electrons. The van der Waals surface area contributed by atoms with Gasteiger partial charge in [0.1, 0.15) is 0 Å². The first-order valence-corrected chi connectivity index (χ1v) is 8.83. The Hall–Kier alpha value is -0.120. The van der Waals surface area contributed by atoms with Crippen LogP contribution < -0.4 is 5.32 Å². The molecule has 0 bridgehead atoms. The van der Waals surface area contributed by atoms with Gasteiger partial charge in [-0.3, -0.25) is 0 Å². The van der Waals surface area contributed by atoms with E-state index in [1.54, 1.807) is 0 Å². The Kier molecular flexibility index (Phi) is 6.79. The van der Waals surface area contributed by atoms with E-state index < -0.39 is 0 Å². The molecule has 2 fully saturated rings. The lowest BCUT2D eigenvalue weighted by Gasteiger charge is -2.32. The number of nitrogens with one attached hydrogen (secondary N) is 1. The zero-order chi connectivity index (χ0) is 14.4. The van der Waals surface area contributed by atoms with Crippen molar-refractivity contribution in [1.29, 1.82) is 0 Å². The van der Waals surface area contributed by atoms with Crippen LogP contribution in [0.4, 0.5) is 0 Å². The summed E-state index contributed by atoms with van der Waals surface area (Å²) >= 11 is 0. The Balaban J connectivity index is 1.73. The minimum Gasteiger partial charge on any atom is -0.312 e. The maximum absolute atomic E-state index is 3.76. The summed E-state index contributed by atoms with van der Waals surface area (Å²) in [4.78, 5) is 5.21. The first kappa shape index (κ1) is 16.3. The molecule has 1 N–H and O–H groups in total. The zero-order valence-electron chi connectivity index (χ0n) is 13.9. The van der Waals surface area contributed by atoms with Crippen molar-refractivity contribution in [2.45, 2.75) is 52.0 Å². The fourth-order valence-corrected chi connectivity index (χ4v) is 3.61. The quantitative estimate of drug-likeness (QED) is 0.835. The van der Waals surface area contributed by atoms with Crippen molar-refractivity contribution >= 4 is 0 Å². The van der Waals surface area contributed by atoms with Crippen molar-refractivity contribution in [2.24, 2.45) is 11.8 Å². The van der Waals surface area contributed by atoms with Crippen LogP contribution >= 0.6 is 0 Å². The van der Waals surface area contributed by atoms with Gasteiger partial charge in [0.15, 0.2) is 0 Å². The molecule has 2 saturated heterocycles. The Bertz CT molecular complexity index is 261. The number of hydrogen-bond donors (Lipinski definition) is 1. The molecule has 3 heteroatoms. The van der Waals surface area contributed by atoms with E-state index in [0.717, 1.165) is 11.8 Å². The Morgan fingerprint density at radius 3 is 2.65 bits per heavy atom. The van der Waals surface area contributed by atoms with E-state index in [1.807, 2.05) is 0 Å². The van der Waals surface area contributed by atoms with E-state index in [1.165, 1.54) is 71.4 Å². The van der Waals surface area contributed by atoms with Gasteiger partial charge in [0, 0.05) is 12.6 Å². The third-order valence-electron chi connectivity index (χ3n) is 5.54. The second-order valence-electron chi connectivity index (χ2n) is 7.14. The van der Waals surface area contributed by atoms with Gasteiger partial charge in [-0.15, -0.1) is 0 Å². The molecule has 0 aromatic carbocycles. The minimum absolute atomic E-state index is 0.708. The highest BCUT2D eigenvalue weighted by atomic mass is 15.2. The van der Waals surface area contributed by atoms with Crippen molar-refractivity contribution in [3.05, 3.63) is 0 Å². The molecule has 2 rings (SSSR count). The Morgan fingerprint density at radius 1 is 1.20 bits per heavy atom. The molecule has 3 nitrogen and oxygen atoms in total. The van der Waals surface area contributed by atoms with Crippen molar-refractivity contribution in [2.75, 3.05) is 46.3 Å². The SMILES string of the molecule is CCC(C)C1CN(CCC2CCN(C)CC2)CCCN1. The third-order valence-corrected chi connectivity index (χ3v) is 5.54. The van der Waals surface area contributed by atoms with Crippen LogP contribution in [0.15, 0.2) is 0 Å². The van der Waals surface area contributed by atoms with Gasteiger partial charge in [0.25, 0.3) is 0 Å². The Labute approximate surface area is 126 Å². The Morgan fingerprint density at radius 2 is 1.95 bits per heavy atom. The fraction of sp³-hybridized carbons (Fsp3) is 1.00. The number of nitrogens with zero attached hydrogens (tertiary/aromatic N) is 2. The molecule has 0 spiro atoms. The minimum atomic E-state index is 0.708. The van der Waals surface area contributed by atoms with E-state index in [4.69, 9.17) is 0 Å². The summed E-state index contributed by atoms with van der Waals surface area (Å²) in [6.07, 6.45) is 6.86. The van der Waals surface area contributed by atoms with Gasteiger partial charge < -0.3 is 15.1 Å². The molecule has 20 heavy (non-hydrogen) atoms. The molecule has 118 valence electrons. The topological polar surface area (TPSA) is 18.5 Å². The smallest absolute Gasteiger partial charge is 0.0220 e. The van der Waals surface area contributed by atoms with Gasteiger partial charge in [-0.2, -0.15) is 0 Å². The van der Waals surface area contributed by atoms with Crippen molar-refractivity contribution in [3.63, 3.8) is 0 Å². The second kappa shape index (κ2) is 8.35. The van der Waals surface area contributed by atoms with E-state index in [2.05, 4.69) is 36.0 Å². The molecular formula is C17H35N3. The summed E-state index contributed by atoms with van der Waals surface area (Å²) in [6, 6.07) is 0.708. The predicted octanol–water partition coefficient (Wildman–Crippen LogP) is 2.43. The summed E-state index contributed by atoms with van der Waals surface area (Å²) in [6.45, 7) is 12.4. The number of rotatable bonds is 5. The van der Waals surface area contributed by atoms with Gasteiger partial charge >= 0.3 is 0 Å². The molecule has 2 unspecified atom stereocenters. The van der Waals surface area contributed by atoms with Crippen LogP contribution in [-0.2, 0) is 0 Å². The van der Waals surface area contributed by atoms with Crippen LogP contribution in [0.3, 0.4) is 0 Å². The van der Waals surface area contributed by atoms with Gasteiger partial charge in [-0.1, -0.05) is 20.3 Å². The average Bonchev–Trinajstić information content (AvgIpc) is 2.71. The maximum Gasteiger partial charge on any atom is 0.0220 e. The van der Waals surface area contributed by atoms with Crippen LogP contribution in [0.5, 0.6) is 0 Å². The number of hydrogen-bond acceptors (Lipinski definition) is 3. The molecule has 2 atom stereocenters. The van der Waals surface area contributed by atoms with E-state index in [0.29, 0.717) is 6.04 Å². The summed E-state index contributed by atoms with van der Waals surface area (Å²) < 4.78 is 0. The standard InChI is InChI=1S/C17H35N3/c1-4-15(2)17-14-20(10-5-9-18-17)13-8-16-6-11-19(3)12-7-16/h15-18H,4-14H2,1-3H3. The van der Waals surface area contributed by atoms with Crippen molar-refractivity contribution < 1.29 is 0 Å². The highest BCUT2D eigenvalue weighted by Gasteiger charge is 2.23. The van der Waals surface area contributed by atoms with Crippen LogP contribution in [0.25, 0.3) is 0 Å². The first-order chi connectivity index (χ1) is 9.69. The molecule has 0 saturated carbocycles. The molecule has 2 heterocycles. The number of piperidine rings is 1. The predicted molar refractivity (Wildman–Crippen MR) is 87.1 cm³/mol. The lowest BCUT2D eigenvalue weighted by molar-refractivity contribution is 0.179. The molecule has 0 aliphatic carbocycles. The van der Waals surface area contributed by atoms with E-state index in [9.17, 15) is 0 Å². The van der Waals surface area contributed by atoms with Crippen molar-refractivity contribution in [3.8, 4) is 0 Å². The van der Waals surface area contributed by atoms with Crippen LogP contribution in [0.1, 0.15) is 46.0 Å². The van der Waals surface area contributed by atoms with Crippen LogP contribution in [-0.4, -0.2) is 62.2 Å². The molecule has 0 amide bonds. The highest BCUT2D eigenvalue weighted by Crippen LogP contribution is 2.20. The normalized spacial score (nSPS) is 29.2. The van der Waals surface area contributed by atoms with E-state index in [-0.39, 0.29) is 0 Å². The first-order valence-electron chi connectivity index (χ1n) is 8.83. The summed E-state index contributed by atoms with van der Waals surface area (Å²) in [7, 11) is 2.26. The lowest BCUT2D eigenvalue weighted by atomic mass is 9.93. The zero-order valence-corrected chi connectivity index (χ0v) is 13.9. The summed E-state index contributed by atoms with van der Waals surface area (Å²) in [5.41, 5.74) is 0. The lowest BCUT2D eigenvalue weighted by Crippen LogP contribution is -2.42. The summed E-state index contributed by atoms with van der Waals surface area (Å²) in [5, 5.41) is 3.76. The van der Waals surface area contributed by atoms with Crippen LogP contribution in [0, 0.1) is 11.8 Å². The van der Waals surface area contributed by atoms with E-state index >= 15 is 0 Å². The third kappa shape index (κ3) is 5.01. The molecule has 2 aliphatic rings. The van der Waals surface area contributed by atoms with Gasteiger partial charge in [0.2, 0.25) is 0 Å². The van der Waals surface area contributed by atoms with Gasteiger partial charge in [-0.05, 0) is 77.3 Å². The van der Waals surface area contributed by atoms with Gasteiger partial charge in [-0.25, -0.2) is 0 Å². The summed E-state index contributed by atoms with van der Waals surface area (Å²) in [5.74, 6) is 1.78. The highest BCUT2D eigenvalue weighted by molar-refractivity contribution is 4.81. The van der Waals surface area contributed by atoms with Gasteiger partial charge in [0.05, 0.1) is 0 Å². The maximum atomic E-state index is 3.76. The van der Waals surface area contributed by atoms with Crippen LogP contribution in [0.2, 0.25) is 0 Å². The number of likely N-dealkylation sites (tertiary alicyclic amines) is 1. The fourth-order valence-electron chi connectivity index (χ4n) is 3.61. The second-order valence-corrected chi connectivity index (χ2v) is 7.14. The molecule has 2 aliphatic heterocycles. The largest absolute Gasteiger partial charge is 0.312 e. The molecule has 0 aromatic heterocycles. The monoisotopic (exact) mass is 281 g/mol. The van der Waals surface area contributed by atoms with Crippen molar-refractivity contribution in [1.82, 2.24) is 15.1 Å². The molecule has 0 aromatic rings. The average molecular weight is 281 g/mol.